The highest BCUT2D eigenvalue weighted by Crippen LogP contribution is 2.38. The van der Waals surface area contributed by atoms with Gasteiger partial charge in [0.2, 0.25) is 0 Å². The molecule has 1 fully saturated rings. The Morgan fingerprint density at radius 3 is 2.81 bits per heavy atom. The normalized spacial score (nSPS) is 27.9. The Morgan fingerprint density at radius 2 is 2.25 bits per heavy atom. The van der Waals surface area contributed by atoms with Crippen molar-refractivity contribution in [1.29, 1.82) is 0 Å². The lowest BCUT2D eigenvalue weighted by Gasteiger charge is -2.34. The van der Waals surface area contributed by atoms with Crippen molar-refractivity contribution in [2.45, 2.75) is 23.5 Å². The molecule has 0 aliphatic carbocycles. The summed E-state index contributed by atoms with van der Waals surface area (Å²) in [5.74, 6) is 2.54. The maximum absolute atomic E-state index is 4.27. The van der Waals surface area contributed by atoms with Gasteiger partial charge in [-0.3, -0.25) is 4.68 Å². The van der Waals surface area contributed by atoms with Crippen molar-refractivity contribution in [3.8, 4) is 0 Å². The Balaban J connectivity index is 2.18. The second kappa shape index (κ2) is 5.47. The Bertz CT molecular complexity index is 340. The molecule has 1 N–H and O–H groups in total. The van der Waals surface area contributed by atoms with E-state index in [0.29, 0.717) is 16.5 Å². The zero-order valence-corrected chi connectivity index (χ0v) is 11.6. The molecule has 0 aromatic carbocycles. The predicted molar refractivity (Wildman–Crippen MR) is 73.2 cm³/mol. The minimum atomic E-state index is 0.403. The first-order valence-corrected chi connectivity index (χ1v) is 7.72. The van der Waals surface area contributed by atoms with Gasteiger partial charge in [-0.05, 0) is 13.1 Å². The first-order chi connectivity index (χ1) is 7.74. The third-order valence-corrected chi connectivity index (χ3v) is 6.25. The van der Waals surface area contributed by atoms with E-state index in [-0.39, 0.29) is 0 Å². The lowest BCUT2D eigenvalue weighted by molar-refractivity contribution is 0.516. The van der Waals surface area contributed by atoms with E-state index in [1.165, 1.54) is 17.2 Å². The molecule has 3 unspecified atom stereocenters. The molecule has 0 saturated carbocycles. The molecule has 2 rings (SSSR count). The quantitative estimate of drug-likeness (QED) is 0.896. The van der Waals surface area contributed by atoms with Gasteiger partial charge in [0.15, 0.2) is 0 Å². The number of nitrogens with zero attached hydrogens (tertiary/aromatic N) is 2. The molecular formula is C11H19N3S2. The van der Waals surface area contributed by atoms with E-state index < -0.39 is 0 Å². The van der Waals surface area contributed by atoms with Gasteiger partial charge in [-0.2, -0.15) is 28.6 Å². The number of thioether (sulfide) groups is 2. The number of hydrogen-bond donors (Lipinski definition) is 1. The molecule has 0 bridgehead atoms. The van der Waals surface area contributed by atoms with E-state index in [4.69, 9.17) is 0 Å². The monoisotopic (exact) mass is 257 g/mol. The number of aryl methyl sites for hydroxylation is 1. The van der Waals surface area contributed by atoms with E-state index in [9.17, 15) is 0 Å². The van der Waals surface area contributed by atoms with Crippen molar-refractivity contribution >= 4 is 23.5 Å². The average Bonchev–Trinajstić information content (AvgIpc) is 2.69. The molecule has 3 nitrogen and oxygen atoms in total. The van der Waals surface area contributed by atoms with Crippen LogP contribution in [-0.2, 0) is 7.05 Å². The van der Waals surface area contributed by atoms with Gasteiger partial charge in [-0.15, -0.1) is 0 Å². The van der Waals surface area contributed by atoms with Crippen molar-refractivity contribution in [2.24, 2.45) is 7.05 Å². The predicted octanol–water partition coefficient (Wildman–Crippen LogP) is 1.92. The van der Waals surface area contributed by atoms with Gasteiger partial charge in [-0.1, -0.05) is 6.92 Å². The Labute approximate surface area is 106 Å². The molecule has 5 heteroatoms. The van der Waals surface area contributed by atoms with E-state index in [0.717, 1.165) is 0 Å². The standard InChI is InChI=1S/C11H19N3S2/c1-8-11(16-7-6-15-8)10(12-2)9-4-5-13-14(9)3/h4-5,8,10-12H,6-7H2,1-3H3. The van der Waals surface area contributed by atoms with E-state index >= 15 is 0 Å². The summed E-state index contributed by atoms with van der Waals surface area (Å²) in [6, 6.07) is 2.52. The fraction of sp³-hybridized carbons (Fsp3) is 0.727. The molecule has 0 amide bonds. The van der Waals surface area contributed by atoms with Gasteiger partial charge in [0, 0.05) is 35.3 Å². The first-order valence-electron chi connectivity index (χ1n) is 5.62. The zero-order chi connectivity index (χ0) is 11.5. The Morgan fingerprint density at radius 1 is 1.50 bits per heavy atom. The van der Waals surface area contributed by atoms with Crippen LogP contribution in [0.15, 0.2) is 12.3 Å². The van der Waals surface area contributed by atoms with E-state index in [1.54, 1.807) is 0 Å². The molecule has 1 aromatic rings. The molecule has 0 radical (unpaired) electrons. The van der Waals surface area contributed by atoms with Gasteiger partial charge in [-0.25, -0.2) is 0 Å². The van der Waals surface area contributed by atoms with Crippen LogP contribution in [0.1, 0.15) is 18.7 Å². The molecule has 1 aromatic heterocycles. The van der Waals surface area contributed by atoms with Crippen LogP contribution in [0.2, 0.25) is 0 Å². The fourth-order valence-electron chi connectivity index (χ4n) is 2.19. The molecule has 3 atom stereocenters. The second-order valence-electron chi connectivity index (χ2n) is 4.06. The molecule has 1 aliphatic rings. The highest BCUT2D eigenvalue weighted by molar-refractivity contribution is 8.07. The summed E-state index contributed by atoms with van der Waals surface area (Å²) < 4.78 is 1.98. The zero-order valence-electron chi connectivity index (χ0n) is 10.0. The molecule has 2 heterocycles. The van der Waals surface area contributed by atoms with Gasteiger partial charge < -0.3 is 5.32 Å². The smallest absolute Gasteiger partial charge is 0.0620 e. The molecule has 0 spiro atoms. The highest BCUT2D eigenvalue weighted by Gasteiger charge is 2.31. The van der Waals surface area contributed by atoms with E-state index in [2.05, 4.69) is 46.9 Å². The topological polar surface area (TPSA) is 29.9 Å². The summed E-state index contributed by atoms with van der Waals surface area (Å²) >= 11 is 4.17. The molecule has 90 valence electrons. The highest BCUT2D eigenvalue weighted by atomic mass is 32.2. The maximum Gasteiger partial charge on any atom is 0.0620 e. The van der Waals surface area contributed by atoms with Crippen molar-refractivity contribution in [3.05, 3.63) is 18.0 Å². The van der Waals surface area contributed by atoms with Crippen LogP contribution < -0.4 is 5.32 Å². The summed E-state index contributed by atoms with van der Waals surface area (Å²) in [7, 11) is 4.06. The van der Waals surface area contributed by atoms with Crippen LogP contribution in [0, 0.1) is 0 Å². The fourth-order valence-corrected chi connectivity index (χ4v) is 5.16. The van der Waals surface area contributed by atoms with Crippen LogP contribution in [-0.4, -0.2) is 38.8 Å². The maximum atomic E-state index is 4.27. The van der Waals surface area contributed by atoms with Crippen LogP contribution in [0.4, 0.5) is 0 Å². The summed E-state index contributed by atoms with van der Waals surface area (Å²) in [4.78, 5) is 0. The van der Waals surface area contributed by atoms with E-state index in [1.807, 2.05) is 25.0 Å². The molecular weight excluding hydrogens is 238 g/mol. The van der Waals surface area contributed by atoms with Crippen molar-refractivity contribution in [2.75, 3.05) is 18.6 Å². The first kappa shape index (κ1) is 12.3. The van der Waals surface area contributed by atoms with Crippen molar-refractivity contribution < 1.29 is 0 Å². The summed E-state index contributed by atoms with van der Waals surface area (Å²) in [6.07, 6.45) is 1.88. The minimum absolute atomic E-state index is 0.403. The Kier molecular flexibility index (Phi) is 4.21. The van der Waals surface area contributed by atoms with Crippen LogP contribution in [0.25, 0.3) is 0 Å². The molecule has 1 aliphatic heterocycles. The van der Waals surface area contributed by atoms with Crippen LogP contribution >= 0.6 is 23.5 Å². The van der Waals surface area contributed by atoms with Gasteiger partial charge in [0.05, 0.1) is 11.7 Å². The third-order valence-electron chi connectivity index (χ3n) is 3.05. The number of aromatic nitrogens is 2. The lowest BCUT2D eigenvalue weighted by Crippen LogP contribution is -2.37. The minimum Gasteiger partial charge on any atom is -0.311 e. The molecule has 16 heavy (non-hydrogen) atoms. The van der Waals surface area contributed by atoms with Crippen molar-refractivity contribution in [3.63, 3.8) is 0 Å². The largest absolute Gasteiger partial charge is 0.311 e. The van der Waals surface area contributed by atoms with Gasteiger partial charge >= 0.3 is 0 Å². The number of hydrogen-bond acceptors (Lipinski definition) is 4. The summed E-state index contributed by atoms with van der Waals surface area (Å²) in [5.41, 5.74) is 1.29. The van der Waals surface area contributed by atoms with Crippen LogP contribution in [0.5, 0.6) is 0 Å². The summed E-state index contributed by atoms with van der Waals surface area (Å²) in [6.45, 7) is 2.34. The third kappa shape index (κ3) is 2.41. The SMILES string of the molecule is CNC(c1ccnn1C)C1SCCSC1C. The summed E-state index contributed by atoms with van der Waals surface area (Å²) in [5, 5.41) is 9.05. The average molecular weight is 257 g/mol. The van der Waals surface area contributed by atoms with Gasteiger partial charge in [0.1, 0.15) is 0 Å². The van der Waals surface area contributed by atoms with Crippen LogP contribution in [0.3, 0.4) is 0 Å². The molecule has 1 saturated heterocycles. The van der Waals surface area contributed by atoms with Crippen molar-refractivity contribution in [1.82, 2.24) is 15.1 Å². The lowest BCUT2D eigenvalue weighted by atomic mass is 10.1. The number of nitrogens with one attached hydrogen (secondary N) is 1. The second-order valence-corrected chi connectivity index (χ2v) is 6.83. The van der Waals surface area contributed by atoms with Gasteiger partial charge in [0.25, 0.3) is 0 Å². The number of rotatable bonds is 3. The Hall–Kier alpha value is -0.130.